The molecule has 360 valence electrons. The van der Waals surface area contributed by atoms with Crippen LogP contribution in [0.25, 0.3) is 50.3 Å². The van der Waals surface area contributed by atoms with E-state index in [9.17, 15) is 4.39 Å². The molecule has 0 bridgehead atoms. The summed E-state index contributed by atoms with van der Waals surface area (Å²) in [4.78, 5) is 14.2. The van der Waals surface area contributed by atoms with E-state index in [0.29, 0.717) is 33.0 Å². The van der Waals surface area contributed by atoms with E-state index in [0.717, 1.165) is 134 Å². The molecular formula is C45H54Cl2FN21. The first-order chi connectivity index (χ1) is 33.4. The summed E-state index contributed by atoms with van der Waals surface area (Å²) in [6, 6.07) is 0. The maximum Gasteiger partial charge on any atom is 0.187 e. The molecule has 21 nitrogen and oxygen atoms in total. The molecule has 0 saturated carbocycles. The smallest absolute Gasteiger partial charge is 0.187 e. The molecule has 24 heteroatoms. The number of nitrogens with two attached hydrogens (primary N) is 3. The molecule has 9 N–H and O–H groups in total. The van der Waals surface area contributed by atoms with E-state index < -0.39 is 5.82 Å². The summed E-state index contributed by atoms with van der Waals surface area (Å²) in [5.41, 5.74) is 28.0. The fraction of sp³-hybridized carbons (Fsp3) is 0.400. The molecule has 9 aromatic heterocycles. The van der Waals surface area contributed by atoms with Gasteiger partial charge in [-0.2, -0.15) is 44.1 Å². The molecule has 0 aromatic carbocycles. The van der Waals surface area contributed by atoms with Gasteiger partial charge >= 0.3 is 0 Å². The van der Waals surface area contributed by atoms with E-state index in [4.69, 9.17) is 50.4 Å². The van der Waals surface area contributed by atoms with Crippen molar-refractivity contribution in [1.82, 2.24) is 89.1 Å². The zero-order chi connectivity index (χ0) is 47.9. The lowest BCUT2D eigenvalue weighted by Crippen LogP contribution is -2.30. The van der Waals surface area contributed by atoms with E-state index in [1.54, 1.807) is 60.3 Å². The van der Waals surface area contributed by atoms with E-state index in [1.165, 1.54) is 4.52 Å². The van der Waals surface area contributed by atoms with Crippen molar-refractivity contribution in [2.24, 2.45) is 21.1 Å². The zero-order valence-electron chi connectivity index (χ0n) is 38.5. The number of piperidine rings is 3. The predicted molar refractivity (Wildman–Crippen MR) is 263 cm³/mol. The second kappa shape index (κ2) is 19.3. The van der Waals surface area contributed by atoms with Gasteiger partial charge < -0.3 is 33.2 Å². The quantitative estimate of drug-likeness (QED) is 0.128. The standard InChI is InChI=1S/2C15H18ClN7.C15H18FN7/c3*1-22-8-10(6-19-22)11-7-20-23-14(17)12(16)13(21-15(11)23)9-3-2-4-18-5-9/h3*6-9,18H,2-5,17H2,1H3. The lowest BCUT2D eigenvalue weighted by Gasteiger charge is -2.23. The minimum atomic E-state index is -0.466. The van der Waals surface area contributed by atoms with Crippen LogP contribution in [0.4, 0.5) is 21.8 Å². The van der Waals surface area contributed by atoms with Crippen LogP contribution in [0.15, 0.2) is 55.8 Å². The van der Waals surface area contributed by atoms with Gasteiger partial charge in [-0.25, -0.2) is 19.3 Å². The van der Waals surface area contributed by atoms with Gasteiger partial charge in [-0.3, -0.25) is 14.0 Å². The minimum absolute atomic E-state index is 0.00529. The van der Waals surface area contributed by atoms with Crippen LogP contribution in [-0.2, 0) is 21.1 Å². The molecule has 3 aliphatic rings. The highest BCUT2D eigenvalue weighted by Crippen LogP contribution is 2.37. The SMILES string of the molecule is Cn1cc(-c2cnn3c(N)c(Cl)c(C4CCCNC4)nc23)cn1.Cn1cc(-c2cnn3c(N)c(Cl)c(C4CCCNC4)nc23)cn1.Cn1cc(-c2cnn3c(N)c(F)c(C4CCCNC4)nc23)cn1. The van der Waals surface area contributed by atoms with E-state index in [-0.39, 0.29) is 23.6 Å². The lowest BCUT2D eigenvalue weighted by molar-refractivity contribution is 0.437. The monoisotopic (exact) mass is 977 g/mol. The maximum absolute atomic E-state index is 14.6. The fourth-order valence-electron chi connectivity index (χ4n) is 9.40. The van der Waals surface area contributed by atoms with Crippen LogP contribution in [0.3, 0.4) is 0 Å². The summed E-state index contributed by atoms with van der Waals surface area (Å²) in [6.07, 6.45) is 22.5. The Hall–Kier alpha value is -6.72. The number of hydrogen-bond donors (Lipinski definition) is 6. The van der Waals surface area contributed by atoms with Gasteiger partial charge in [0.15, 0.2) is 28.6 Å². The Morgan fingerprint density at radius 2 is 0.826 bits per heavy atom. The second-order valence-electron chi connectivity index (χ2n) is 17.8. The van der Waals surface area contributed by atoms with E-state index in [1.807, 2.05) is 39.7 Å². The van der Waals surface area contributed by atoms with Crippen molar-refractivity contribution in [2.75, 3.05) is 56.5 Å². The van der Waals surface area contributed by atoms with Crippen molar-refractivity contribution in [2.45, 2.75) is 56.3 Å². The summed E-state index contributed by atoms with van der Waals surface area (Å²) in [5, 5.41) is 36.6. The molecule has 3 aliphatic heterocycles. The number of anilines is 3. The molecule has 3 fully saturated rings. The average molecular weight is 979 g/mol. The van der Waals surface area contributed by atoms with Crippen LogP contribution in [0.2, 0.25) is 10.0 Å². The van der Waals surface area contributed by atoms with E-state index >= 15 is 0 Å². The summed E-state index contributed by atoms with van der Waals surface area (Å²) in [6.45, 7) is 5.51. The van der Waals surface area contributed by atoms with Gasteiger partial charge in [-0.15, -0.1) is 0 Å². The topological polar surface area (TPSA) is 258 Å². The van der Waals surface area contributed by atoms with Gasteiger partial charge in [0, 0.05) is 111 Å². The molecule has 0 amide bonds. The Morgan fingerprint density at radius 1 is 0.493 bits per heavy atom. The summed E-state index contributed by atoms with van der Waals surface area (Å²) >= 11 is 12.9. The molecule has 3 atom stereocenters. The highest BCUT2D eigenvalue weighted by Gasteiger charge is 2.28. The molecule has 12 rings (SSSR count). The predicted octanol–water partition coefficient (Wildman–Crippen LogP) is 4.98. The van der Waals surface area contributed by atoms with Crippen LogP contribution in [0, 0.1) is 5.82 Å². The third kappa shape index (κ3) is 8.93. The van der Waals surface area contributed by atoms with Crippen LogP contribution in [0.5, 0.6) is 0 Å². The van der Waals surface area contributed by atoms with Crippen molar-refractivity contribution >= 4 is 57.6 Å². The first-order valence-corrected chi connectivity index (χ1v) is 23.8. The van der Waals surface area contributed by atoms with Crippen molar-refractivity contribution in [1.29, 1.82) is 0 Å². The number of aromatic nitrogens is 15. The van der Waals surface area contributed by atoms with Crippen LogP contribution in [-0.4, -0.2) is 112 Å². The largest absolute Gasteiger partial charge is 0.382 e. The van der Waals surface area contributed by atoms with Crippen molar-refractivity contribution in [3.05, 3.63) is 88.7 Å². The van der Waals surface area contributed by atoms with Crippen LogP contribution >= 0.6 is 23.2 Å². The minimum Gasteiger partial charge on any atom is -0.382 e. The van der Waals surface area contributed by atoms with E-state index in [2.05, 4.69) is 51.5 Å². The fourth-order valence-corrected chi connectivity index (χ4v) is 9.95. The average Bonchev–Trinajstić information content (AvgIpc) is 4.25. The number of nitrogens with zero attached hydrogens (tertiary/aromatic N) is 15. The Kier molecular flexibility index (Phi) is 12.9. The van der Waals surface area contributed by atoms with Gasteiger partial charge in [0.25, 0.3) is 0 Å². The van der Waals surface area contributed by atoms with Crippen molar-refractivity contribution in [3.8, 4) is 33.4 Å². The van der Waals surface area contributed by atoms with Gasteiger partial charge in [-0.05, 0) is 58.2 Å². The third-order valence-electron chi connectivity index (χ3n) is 13.0. The van der Waals surface area contributed by atoms with Crippen LogP contribution < -0.4 is 33.2 Å². The molecular weight excluding hydrogens is 925 g/mol. The Morgan fingerprint density at radius 3 is 1.14 bits per heavy atom. The van der Waals surface area contributed by atoms with Crippen molar-refractivity contribution in [3.63, 3.8) is 0 Å². The number of nitrogens with one attached hydrogen (secondary N) is 3. The maximum atomic E-state index is 14.6. The Balaban J connectivity index is 0.000000120. The van der Waals surface area contributed by atoms with Crippen LogP contribution in [0.1, 0.15) is 73.4 Å². The second-order valence-corrected chi connectivity index (χ2v) is 18.6. The van der Waals surface area contributed by atoms with Gasteiger partial charge in [0.2, 0.25) is 0 Å². The molecule has 3 unspecified atom stereocenters. The molecule has 0 spiro atoms. The lowest BCUT2D eigenvalue weighted by atomic mass is 9.95. The van der Waals surface area contributed by atoms with Crippen molar-refractivity contribution < 1.29 is 4.39 Å². The molecule has 69 heavy (non-hydrogen) atoms. The molecule has 3 saturated heterocycles. The zero-order valence-corrected chi connectivity index (χ0v) is 40.0. The summed E-state index contributed by atoms with van der Waals surface area (Å²) < 4.78 is 24.4. The number of nitrogen functional groups attached to an aromatic ring is 3. The number of aryl methyl sites for hydroxylation is 3. The molecule has 0 radical (unpaired) electrons. The highest BCUT2D eigenvalue weighted by atomic mass is 35.5. The van der Waals surface area contributed by atoms with Gasteiger partial charge in [-0.1, -0.05) is 23.2 Å². The Labute approximate surface area is 405 Å². The number of hydrogen-bond acceptors (Lipinski definition) is 15. The molecule has 12 heterocycles. The summed E-state index contributed by atoms with van der Waals surface area (Å²) in [7, 11) is 5.61. The third-order valence-corrected chi connectivity index (χ3v) is 13.8. The Bertz CT molecular complexity index is 2930. The first kappa shape index (κ1) is 46.0. The first-order valence-electron chi connectivity index (χ1n) is 23.0. The molecule has 9 aromatic rings. The normalized spacial score (nSPS) is 18.6. The van der Waals surface area contributed by atoms with Gasteiger partial charge in [0.05, 0.1) is 54.3 Å². The van der Waals surface area contributed by atoms with Gasteiger partial charge in [0.1, 0.15) is 21.7 Å². The molecule has 0 aliphatic carbocycles. The highest BCUT2D eigenvalue weighted by molar-refractivity contribution is 6.34. The number of rotatable bonds is 6. The summed E-state index contributed by atoms with van der Waals surface area (Å²) in [5.74, 6) is 1.01. The number of halogens is 3. The number of fused-ring (bicyclic) bond motifs is 3.